The number of benzene rings is 2. The van der Waals surface area contributed by atoms with E-state index in [9.17, 15) is 9.59 Å². The predicted octanol–water partition coefficient (Wildman–Crippen LogP) is 3.70. The lowest BCUT2D eigenvalue weighted by Crippen LogP contribution is -2.11. The molecule has 0 saturated carbocycles. The Morgan fingerprint density at radius 2 is 1.23 bits per heavy atom. The van der Waals surface area contributed by atoms with Crippen molar-refractivity contribution in [3.63, 3.8) is 0 Å². The van der Waals surface area contributed by atoms with Gasteiger partial charge in [-0.05, 0) is 23.6 Å². The molecule has 2 aromatic carbocycles. The molecule has 2 aromatic rings. The van der Waals surface area contributed by atoms with Crippen LogP contribution in [-0.2, 0) is 9.59 Å². The lowest BCUT2D eigenvalue weighted by atomic mass is 9.91. The molecule has 0 fully saturated rings. The third-order valence-corrected chi connectivity index (χ3v) is 3.61. The van der Waals surface area contributed by atoms with Crippen molar-refractivity contribution in [2.45, 2.75) is 25.7 Å². The number of carboxylic acids is 2. The zero-order valence-corrected chi connectivity index (χ0v) is 12.3. The number of carboxylic acid groups (broad SMARTS) is 2. The first-order valence-electron chi connectivity index (χ1n) is 7.06. The fraction of sp³-hybridized carbons (Fsp3) is 0.222. The summed E-state index contributed by atoms with van der Waals surface area (Å²) < 4.78 is 0. The molecule has 0 saturated heterocycles. The van der Waals surface area contributed by atoms with Crippen LogP contribution >= 0.6 is 0 Å². The Kier molecular flexibility index (Phi) is 4.94. The van der Waals surface area contributed by atoms with Crippen LogP contribution in [0.4, 0.5) is 0 Å². The van der Waals surface area contributed by atoms with Gasteiger partial charge in [0.25, 0.3) is 0 Å². The SMILES string of the molecule is Cc1ccc(-c2ccc(C(CC(=O)O)CC(=O)O)cc2)cc1. The van der Waals surface area contributed by atoms with E-state index in [0.29, 0.717) is 0 Å². The van der Waals surface area contributed by atoms with Crippen LogP contribution < -0.4 is 0 Å². The summed E-state index contributed by atoms with van der Waals surface area (Å²) in [5.74, 6) is -2.50. The van der Waals surface area contributed by atoms with Gasteiger partial charge in [-0.25, -0.2) is 0 Å². The van der Waals surface area contributed by atoms with E-state index in [1.807, 2.05) is 55.5 Å². The number of aliphatic carboxylic acids is 2. The summed E-state index contributed by atoms with van der Waals surface area (Å²) in [5, 5.41) is 17.8. The van der Waals surface area contributed by atoms with Gasteiger partial charge in [0.05, 0.1) is 12.8 Å². The molecule has 4 nitrogen and oxygen atoms in total. The van der Waals surface area contributed by atoms with Gasteiger partial charge < -0.3 is 10.2 Å². The van der Waals surface area contributed by atoms with Crippen molar-refractivity contribution in [2.24, 2.45) is 0 Å². The van der Waals surface area contributed by atoms with Crippen molar-refractivity contribution in [2.75, 3.05) is 0 Å². The predicted molar refractivity (Wildman–Crippen MR) is 83.9 cm³/mol. The fourth-order valence-corrected chi connectivity index (χ4v) is 2.42. The number of hydrogen-bond donors (Lipinski definition) is 2. The van der Waals surface area contributed by atoms with E-state index in [2.05, 4.69) is 0 Å². The second-order valence-electron chi connectivity index (χ2n) is 5.38. The summed E-state index contributed by atoms with van der Waals surface area (Å²) in [4.78, 5) is 21.8. The average molecular weight is 298 g/mol. The molecule has 0 radical (unpaired) electrons. The summed E-state index contributed by atoms with van der Waals surface area (Å²) in [5.41, 5.74) is 4.02. The molecule has 0 aromatic heterocycles. The summed E-state index contributed by atoms with van der Waals surface area (Å²) in [6, 6.07) is 15.5. The van der Waals surface area contributed by atoms with Crippen LogP contribution in [-0.4, -0.2) is 22.2 Å². The summed E-state index contributed by atoms with van der Waals surface area (Å²) in [6.45, 7) is 2.02. The van der Waals surface area contributed by atoms with Gasteiger partial charge in [-0.1, -0.05) is 54.1 Å². The third-order valence-electron chi connectivity index (χ3n) is 3.61. The molecule has 0 aliphatic carbocycles. The quantitative estimate of drug-likeness (QED) is 0.852. The average Bonchev–Trinajstić information content (AvgIpc) is 2.47. The Morgan fingerprint density at radius 3 is 1.64 bits per heavy atom. The van der Waals surface area contributed by atoms with Gasteiger partial charge in [0.2, 0.25) is 0 Å². The highest BCUT2D eigenvalue weighted by Gasteiger charge is 2.19. The second-order valence-corrected chi connectivity index (χ2v) is 5.38. The van der Waals surface area contributed by atoms with E-state index in [-0.39, 0.29) is 12.8 Å². The Bertz CT molecular complexity index is 640. The van der Waals surface area contributed by atoms with Crippen molar-refractivity contribution in [1.82, 2.24) is 0 Å². The Hall–Kier alpha value is -2.62. The van der Waals surface area contributed by atoms with Gasteiger partial charge in [-0.3, -0.25) is 9.59 Å². The third kappa shape index (κ3) is 4.19. The van der Waals surface area contributed by atoms with Crippen LogP contribution in [0.15, 0.2) is 48.5 Å². The Morgan fingerprint density at radius 1 is 0.818 bits per heavy atom. The van der Waals surface area contributed by atoms with Gasteiger partial charge in [0.1, 0.15) is 0 Å². The Labute approximate surface area is 129 Å². The second kappa shape index (κ2) is 6.89. The molecule has 0 bridgehead atoms. The molecular weight excluding hydrogens is 280 g/mol. The van der Waals surface area contributed by atoms with Crippen molar-refractivity contribution < 1.29 is 19.8 Å². The molecule has 2 rings (SSSR count). The molecule has 0 amide bonds. The molecule has 0 aliphatic rings. The largest absolute Gasteiger partial charge is 0.481 e. The normalized spacial score (nSPS) is 10.6. The number of carbonyl (C=O) groups is 2. The number of hydrogen-bond acceptors (Lipinski definition) is 2. The maximum atomic E-state index is 10.9. The minimum atomic E-state index is -0.992. The van der Waals surface area contributed by atoms with E-state index >= 15 is 0 Å². The molecule has 4 heteroatoms. The zero-order valence-electron chi connectivity index (χ0n) is 12.3. The number of aryl methyl sites for hydroxylation is 1. The summed E-state index contributed by atoms with van der Waals surface area (Å²) in [7, 11) is 0. The van der Waals surface area contributed by atoms with Crippen molar-refractivity contribution in [3.05, 3.63) is 59.7 Å². The van der Waals surface area contributed by atoms with Crippen LogP contribution in [0.1, 0.15) is 29.9 Å². The van der Waals surface area contributed by atoms with Crippen molar-refractivity contribution >= 4 is 11.9 Å². The van der Waals surface area contributed by atoms with E-state index < -0.39 is 17.9 Å². The highest BCUT2D eigenvalue weighted by Crippen LogP contribution is 2.27. The smallest absolute Gasteiger partial charge is 0.303 e. The van der Waals surface area contributed by atoms with Gasteiger partial charge >= 0.3 is 11.9 Å². The molecular formula is C18H18O4. The molecule has 2 N–H and O–H groups in total. The van der Waals surface area contributed by atoms with Gasteiger partial charge in [-0.2, -0.15) is 0 Å². The first-order valence-corrected chi connectivity index (χ1v) is 7.06. The van der Waals surface area contributed by atoms with Crippen molar-refractivity contribution in [1.29, 1.82) is 0 Å². The van der Waals surface area contributed by atoms with Crippen LogP contribution in [0.2, 0.25) is 0 Å². The minimum Gasteiger partial charge on any atom is -0.481 e. The van der Waals surface area contributed by atoms with Crippen LogP contribution in [0.5, 0.6) is 0 Å². The summed E-state index contributed by atoms with van der Waals surface area (Å²) in [6.07, 6.45) is -0.369. The Balaban J connectivity index is 2.23. The first kappa shape index (κ1) is 15.8. The minimum absolute atomic E-state index is 0.184. The van der Waals surface area contributed by atoms with Crippen LogP contribution in [0.3, 0.4) is 0 Å². The van der Waals surface area contributed by atoms with E-state index in [4.69, 9.17) is 10.2 Å². The topological polar surface area (TPSA) is 74.6 Å². The van der Waals surface area contributed by atoms with Gasteiger partial charge in [0, 0.05) is 5.92 Å². The van der Waals surface area contributed by atoms with Crippen molar-refractivity contribution in [3.8, 4) is 11.1 Å². The highest BCUT2D eigenvalue weighted by molar-refractivity contribution is 5.72. The molecule has 114 valence electrons. The molecule has 0 aliphatic heterocycles. The summed E-state index contributed by atoms with van der Waals surface area (Å²) >= 11 is 0. The number of rotatable bonds is 6. The highest BCUT2D eigenvalue weighted by atomic mass is 16.4. The van der Waals surface area contributed by atoms with Crippen LogP contribution in [0.25, 0.3) is 11.1 Å². The van der Waals surface area contributed by atoms with E-state index in [0.717, 1.165) is 16.7 Å². The molecule has 22 heavy (non-hydrogen) atoms. The molecule has 0 atom stereocenters. The maximum Gasteiger partial charge on any atom is 0.303 e. The van der Waals surface area contributed by atoms with Gasteiger partial charge in [0.15, 0.2) is 0 Å². The lowest BCUT2D eigenvalue weighted by Gasteiger charge is -2.13. The fourth-order valence-electron chi connectivity index (χ4n) is 2.42. The molecule has 0 heterocycles. The van der Waals surface area contributed by atoms with E-state index in [1.165, 1.54) is 5.56 Å². The first-order chi connectivity index (χ1) is 10.5. The standard InChI is InChI=1S/C18H18O4/c1-12-2-4-13(5-3-12)14-6-8-15(9-7-14)16(10-17(19)20)11-18(21)22/h2-9,16H,10-11H2,1H3,(H,19,20)(H,21,22). The van der Waals surface area contributed by atoms with Gasteiger partial charge in [-0.15, -0.1) is 0 Å². The molecule has 0 unspecified atom stereocenters. The zero-order chi connectivity index (χ0) is 16.1. The van der Waals surface area contributed by atoms with Crippen LogP contribution in [0, 0.1) is 6.92 Å². The molecule has 0 spiro atoms. The lowest BCUT2D eigenvalue weighted by molar-refractivity contribution is -0.139. The monoisotopic (exact) mass is 298 g/mol. The van der Waals surface area contributed by atoms with E-state index in [1.54, 1.807) is 0 Å². The maximum absolute atomic E-state index is 10.9.